The van der Waals surface area contributed by atoms with Crippen LogP contribution in [0.15, 0.2) is 83.9 Å². The van der Waals surface area contributed by atoms with Crippen molar-refractivity contribution in [2.24, 2.45) is 0 Å². The van der Waals surface area contributed by atoms with Gasteiger partial charge in [-0.3, -0.25) is 10.1 Å². The highest BCUT2D eigenvalue weighted by molar-refractivity contribution is 7.99. The van der Waals surface area contributed by atoms with E-state index in [-0.39, 0.29) is 5.75 Å². The Balaban J connectivity index is 1.44. The van der Waals surface area contributed by atoms with Crippen molar-refractivity contribution in [3.05, 3.63) is 95.9 Å². The molecule has 8 heteroatoms. The van der Waals surface area contributed by atoms with E-state index in [2.05, 4.69) is 15.6 Å². The average Bonchev–Trinajstić information content (AvgIpc) is 2.80. The molecule has 1 heterocycles. The second-order valence-corrected chi connectivity index (χ2v) is 7.89. The largest absolute Gasteiger partial charge is 0.325 e. The first-order chi connectivity index (χ1) is 15.6. The molecule has 32 heavy (non-hydrogen) atoms. The zero-order valence-electron chi connectivity index (χ0n) is 16.9. The third-order valence-electron chi connectivity index (χ3n) is 4.52. The Bertz CT molecular complexity index is 1250. The molecule has 0 bridgehead atoms. The zero-order valence-corrected chi connectivity index (χ0v) is 17.7. The maximum Gasteiger partial charge on any atom is 0.325 e. The van der Waals surface area contributed by atoms with Crippen LogP contribution in [-0.4, -0.2) is 27.7 Å². The first kappa shape index (κ1) is 21.5. The number of imide groups is 1. The van der Waals surface area contributed by atoms with Gasteiger partial charge < -0.3 is 5.32 Å². The molecule has 1 aromatic heterocycles. The molecule has 0 radical (unpaired) electrons. The fourth-order valence-electron chi connectivity index (χ4n) is 3.03. The smallest absolute Gasteiger partial charge is 0.308 e. The van der Waals surface area contributed by atoms with Crippen LogP contribution in [0.4, 0.5) is 14.9 Å². The van der Waals surface area contributed by atoms with Crippen molar-refractivity contribution in [1.29, 1.82) is 0 Å². The van der Waals surface area contributed by atoms with Crippen molar-refractivity contribution in [2.45, 2.75) is 11.4 Å². The summed E-state index contributed by atoms with van der Waals surface area (Å²) in [5.41, 5.74) is 3.76. The van der Waals surface area contributed by atoms with Crippen molar-refractivity contribution < 1.29 is 14.0 Å². The van der Waals surface area contributed by atoms with Gasteiger partial charge in [-0.15, -0.1) is 0 Å². The fraction of sp³-hybridized carbons (Fsp3) is 0.0833. The van der Waals surface area contributed by atoms with Crippen molar-refractivity contribution in [3.8, 4) is 0 Å². The lowest BCUT2D eigenvalue weighted by atomic mass is 10.1. The summed E-state index contributed by atoms with van der Waals surface area (Å²) in [5, 5.41) is 5.40. The number of rotatable bonds is 6. The van der Waals surface area contributed by atoms with Crippen LogP contribution in [0.2, 0.25) is 0 Å². The van der Waals surface area contributed by atoms with E-state index in [1.165, 1.54) is 36.0 Å². The second kappa shape index (κ2) is 10.0. The van der Waals surface area contributed by atoms with E-state index >= 15 is 0 Å². The Morgan fingerprint density at radius 1 is 0.844 bits per heavy atom. The Kier molecular flexibility index (Phi) is 6.72. The van der Waals surface area contributed by atoms with Gasteiger partial charge in [-0.05, 0) is 42.0 Å². The van der Waals surface area contributed by atoms with Gasteiger partial charge in [0.15, 0.2) is 0 Å². The van der Waals surface area contributed by atoms with E-state index in [1.54, 1.807) is 0 Å². The third-order valence-corrected chi connectivity index (χ3v) is 5.52. The Labute approximate surface area is 188 Å². The summed E-state index contributed by atoms with van der Waals surface area (Å²) < 4.78 is 13.0. The number of thioether (sulfide) groups is 1. The highest BCUT2D eigenvalue weighted by atomic mass is 32.2. The standard InChI is InChI=1S/C24H19FN4O2S/c25-17-10-12-18(13-11-17)26-24(31)29-22(30)15-32-23-21(14-16-6-2-1-3-7-16)27-19-8-4-5-9-20(19)28-23/h1-13H,14-15H2,(H2,26,29,30,31). The number of halogens is 1. The molecule has 0 unspecified atom stereocenters. The summed E-state index contributed by atoms with van der Waals surface area (Å²) in [6.07, 6.45) is 0.577. The Hall–Kier alpha value is -3.78. The number of hydrogen-bond donors (Lipinski definition) is 2. The van der Waals surface area contributed by atoms with Gasteiger partial charge in [0.05, 0.1) is 22.5 Å². The van der Waals surface area contributed by atoms with Gasteiger partial charge in [0.25, 0.3) is 0 Å². The number of carbonyl (C=O) groups excluding carboxylic acids is 2. The summed E-state index contributed by atoms with van der Waals surface area (Å²) in [5.74, 6) is -0.896. The van der Waals surface area contributed by atoms with Crippen molar-refractivity contribution in [2.75, 3.05) is 11.1 Å². The number of carbonyl (C=O) groups is 2. The minimum absolute atomic E-state index is 0.00829. The summed E-state index contributed by atoms with van der Waals surface area (Å²) in [7, 11) is 0. The molecule has 6 nitrogen and oxygen atoms in total. The van der Waals surface area contributed by atoms with E-state index in [0.717, 1.165) is 22.3 Å². The van der Waals surface area contributed by atoms with Gasteiger partial charge >= 0.3 is 6.03 Å². The van der Waals surface area contributed by atoms with Gasteiger partial charge in [-0.25, -0.2) is 19.2 Å². The van der Waals surface area contributed by atoms with Gasteiger partial charge in [0.2, 0.25) is 5.91 Å². The van der Waals surface area contributed by atoms with Gasteiger partial charge in [-0.2, -0.15) is 0 Å². The van der Waals surface area contributed by atoms with Gasteiger partial charge in [0.1, 0.15) is 10.8 Å². The summed E-state index contributed by atoms with van der Waals surface area (Å²) >= 11 is 1.22. The van der Waals surface area contributed by atoms with Gasteiger partial charge in [0, 0.05) is 12.1 Å². The average molecular weight is 447 g/mol. The predicted octanol–water partition coefficient (Wildman–Crippen LogP) is 4.80. The molecule has 2 N–H and O–H groups in total. The minimum Gasteiger partial charge on any atom is -0.308 e. The van der Waals surface area contributed by atoms with Crippen molar-refractivity contribution >= 4 is 40.4 Å². The van der Waals surface area contributed by atoms with Crippen LogP contribution in [0.3, 0.4) is 0 Å². The number of benzene rings is 3. The summed E-state index contributed by atoms with van der Waals surface area (Å²) in [6, 6.07) is 22.0. The first-order valence-corrected chi connectivity index (χ1v) is 10.8. The highest BCUT2D eigenvalue weighted by Gasteiger charge is 2.14. The SMILES string of the molecule is O=C(CSc1nc2ccccc2nc1Cc1ccccc1)NC(=O)Nc1ccc(F)cc1. The van der Waals surface area contributed by atoms with Crippen molar-refractivity contribution in [3.63, 3.8) is 0 Å². The topological polar surface area (TPSA) is 84.0 Å². The molecular formula is C24H19FN4O2S. The molecule has 0 saturated carbocycles. The maximum absolute atomic E-state index is 13.0. The quantitative estimate of drug-likeness (QED) is 0.416. The number of amides is 3. The highest BCUT2D eigenvalue weighted by Crippen LogP contribution is 2.24. The van der Waals surface area contributed by atoms with E-state index in [4.69, 9.17) is 4.98 Å². The van der Waals surface area contributed by atoms with Crippen LogP contribution in [-0.2, 0) is 11.2 Å². The maximum atomic E-state index is 13.0. The predicted molar refractivity (Wildman–Crippen MR) is 123 cm³/mol. The molecule has 0 fully saturated rings. The second-order valence-electron chi connectivity index (χ2n) is 6.92. The van der Waals surface area contributed by atoms with Crippen LogP contribution < -0.4 is 10.6 Å². The Morgan fingerprint density at radius 3 is 2.22 bits per heavy atom. The number of anilines is 1. The van der Waals surface area contributed by atoms with Crippen molar-refractivity contribution in [1.82, 2.24) is 15.3 Å². The molecule has 0 aliphatic carbocycles. The Morgan fingerprint density at radius 2 is 1.50 bits per heavy atom. The van der Waals surface area contributed by atoms with E-state index < -0.39 is 17.8 Å². The number of aromatic nitrogens is 2. The molecule has 0 saturated heterocycles. The molecule has 160 valence electrons. The van der Waals surface area contributed by atoms with E-state index in [0.29, 0.717) is 17.1 Å². The van der Waals surface area contributed by atoms with Crippen LogP contribution in [0.1, 0.15) is 11.3 Å². The number of urea groups is 1. The lowest BCUT2D eigenvalue weighted by molar-refractivity contribution is -0.117. The van der Waals surface area contributed by atoms with E-state index in [1.807, 2.05) is 54.6 Å². The van der Waals surface area contributed by atoms with Gasteiger partial charge in [-0.1, -0.05) is 54.2 Å². The first-order valence-electron chi connectivity index (χ1n) is 9.85. The van der Waals surface area contributed by atoms with E-state index in [9.17, 15) is 14.0 Å². The molecule has 4 rings (SSSR count). The monoisotopic (exact) mass is 446 g/mol. The number of nitrogens with one attached hydrogen (secondary N) is 2. The number of nitrogens with zero attached hydrogens (tertiary/aromatic N) is 2. The molecular weight excluding hydrogens is 427 g/mol. The lowest BCUT2D eigenvalue weighted by Gasteiger charge is -2.10. The summed E-state index contributed by atoms with van der Waals surface area (Å²) in [4.78, 5) is 33.8. The normalized spacial score (nSPS) is 10.7. The minimum atomic E-state index is -0.684. The zero-order chi connectivity index (χ0) is 22.3. The number of para-hydroxylation sites is 2. The molecule has 3 aromatic carbocycles. The lowest BCUT2D eigenvalue weighted by Crippen LogP contribution is -2.35. The molecule has 0 aliphatic rings. The fourth-order valence-corrected chi connectivity index (χ4v) is 3.82. The number of fused-ring (bicyclic) bond motifs is 1. The molecule has 4 aromatic rings. The van der Waals surface area contributed by atoms with Crippen LogP contribution in [0, 0.1) is 5.82 Å². The summed E-state index contributed by atoms with van der Waals surface area (Å²) in [6.45, 7) is 0. The molecule has 0 aliphatic heterocycles. The van der Waals surface area contributed by atoms with Crippen LogP contribution >= 0.6 is 11.8 Å². The third kappa shape index (κ3) is 5.67. The molecule has 0 atom stereocenters. The molecule has 3 amide bonds. The number of hydrogen-bond acceptors (Lipinski definition) is 5. The van der Waals surface area contributed by atoms with Crippen LogP contribution in [0.5, 0.6) is 0 Å². The molecule has 0 spiro atoms. The van der Waals surface area contributed by atoms with Crippen LogP contribution in [0.25, 0.3) is 11.0 Å².